The van der Waals surface area contributed by atoms with Crippen LogP contribution in [0.3, 0.4) is 0 Å². The van der Waals surface area contributed by atoms with Crippen LogP contribution in [-0.2, 0) is 4.79 Å². The number of nitrogens with zero attached hydrogens (tertiary/aromatic N) is 1. The molecule has 0 saturated carbocycles. The number of carbonyl (C=O) groups excluding carboxylic acids is 2. The van der Waals surface area contributed by atoms with Crippen molar-refractivity contribution in [3.8, 4) is 23.0 Å². The van der Waals surface area contributed by atoms with E-state index in [0.717, 1.165) is 11.1 Å². The monoisotopic (exact) mass is 490 g/mol. The highest BCUT2D eigenvalue weighted by molar-refractivity contribution is 5.92. The maximum Gasteiger partial charge on any atom is 0.343 e. The summed E-state index contributed by atoms with van der Waals surface area (Å²) in [6.45, 7) is 5.97. The van der Waals surface area contributed by atoms with Crippen molar-refractivity contribution < 1.29 is 28.5 Å². The Hall–Kier alpha value is -4.33. The fourth-order valence-electron chi connectivity index (χ4n) is 3.22. The summed E-state index contributed by atoms with van der Waals surface area (Å²) in [5.41, 5.74) is 5.55. The van der Waals surface area contributed by atoms with Gasteiger partial charge in [-0.1, -0.05) is 26.0 Å². The predicted molar refractivity (Wildman–Crippen MR) is 137 cm³/mol. The Bertz CT molecular complexity index is 1240. The second-order valence-corrected chi connectivity index (χ2v) is 8.29. The quantitative estimate of drug-likeness (QED) is 0.188. The first-order chi connectivity index (χ1) is 17.3. The Morgan fingerprint density at radius 1 is 0.917 bits per heavy atom. The van der Waals surface area contributed by atoms with Crippen LogP contribution >= 0.6 is 0 Å². The molecule has 0 heterocycles. The van der Waals surface area contributed by atoms with Crippen molar-refractivity contribution in [3.05, 3.63) is 82.9 Å². The maximum atomic E-state index is 12.4. The van der Waals surface area contributed by atoms with E-state index in [1.807, 2.05) is 19.1 Å². The number of aryl methyl sites for hydroxylation is 1. The number of methoxy groups -OCH3 is 2. The first-order valence-corrected chi connectivity index (χ1v) is 11.4. The zero-order valence-corrected chi connectivity index (χ0v) is 21.0. The lowest BCUT2D eigenvalue weighted by molar-refractivity contribution is -0.123. The Kier molecular flexibility index (Phi) is 9.05. The van der Waals surface area contributed by atoms with Gasteiger partial charge in [0.25, 0.3) is 5.91 Å². The molecule has 3 aromatic rings. The Morgan fingerprint density at radius 2 is 1.67 bits per heavy atom. The smallest absolute Gasteiger partial charge is 0.343 e. The SMILES string of the molecule is COc1ccc(C(=O)Oc2ccc(/C=N\NC(=O)COc3cc(C(C)C)ccc3C)cc2OC)cc1. The molecule has 188 valence electrons. The second kappa shape index (κ2) is 12.4. The van der Waals surface area contributed by atoms with Gasteiger partial charge < -0.3 is 18.9 Å². The number of hydrogen-bond donors (Lipinski definition) is 1. The van der Waals surface area contributed by atoms with Crippen molar-refractivity contribution in [1.82, 2.24) is 5.43 Å². The predicted octanol–water partition coefficient (Wildman–Crippen LogP) is 4.88. The van der Waals surface area contributed by atoms with Crippen LogP contribution in [0.5, 0.6) is 23.0 Å². The number of carbonyl (C=O) groups is 2. The van der Waals surface area contributed by atoms with Crippen LogP contribution < -0.4 is 24.4 Å². The molecule has 8 nitrogen and oxygen atoms in total. The molecule has 8 heteroatoms. The molecule has 3 rings (SSSR count). The lowest BCUT2D eigenvalue weighted by Gasteiger charge is -2.12. The summed E-state index contributed by atoms with van der Waals surface area (Å²) in [5, 5.41) is 3.97. The van der Waals surface area contributed by atoms with Gasteiger partial charge in [0.2, 0.25) is 0 Å². The number of esters is 1. The van der Waals surface area contributed by atoms with Gasteiger partial charge in [-0.15, -0.1) is 0 Å². The molecule has 0 bridgehead atoms. The Labute approximate surface area is 210 Å². The fraction of sp³-hybridized carbons (Fsp3) is 0.250. The minimum Gasteiger partial charge on any atom is -0.497 e. The summed E-state index contributed by atoms with van der Waals surface area (Å²) >= 11 is 0. The van der Waals surface area contributed by atoms with Crippen LogP contribution in [0.1, 0.15) is 46.8 Å². The number of hydrogen-bond acceptors (Lipinski definition) is 7. The number of benzene rings is 3. The Balaban J connectivity index is 1.57. The zero-order chi connectivity index (χ0) is 26.1. The molecular formula is C28H30N2O6. The zero-order valence-electron chi connectivity index (χ0n) is 21.0. The minimum atomic E-state index is -0.529. The molecule has 0 atom stereocenters. The number of ether oxygens (including phenoxy) is 4. The van der Waals surface area contributed by atoms with E-state index >= 15 is 0 Å². The van der Waals surface area contributed by atoms with Crippen molar-refractivity contribution in [2.45, 2.75) is 26.7 Å². The highest BCUT2D eigenvalue weighted by Crippen LogP contribution is 2.29. The number of nitrogens with one attached hydrogen (secondary N) is 1. The summed E-state index contributed by atoms with van der Waals surface area (Å²) in [5.74, 6) is 1.35. The van der Waals surface area contributed by atoms with E-state index in [1.165, 1.54) is 13.3 Å². The minimum absolute atomic E-state index is 0.163. The Morgan fingerprint density at radius 3 is 2.33 bits per heavy atom. The van der Waals surface area contributed by atoms with Crippen molar-refractivity contribution in [2.24, 2.45) is 5.10 Å². The van der Waals surface area contributed by atoms with Gasteiger partial charge in [-0.25, -0.2) is 10.2 Å². The molecule has 1 amide bonds. The van der Waals surface area contributed by atoms with Crippen LogP contribution in [0.25, 0.3) is 0 Å². The maximum absolute atomic E-state index is 12.4. The van der Waals surface area contributed by atoms with Crippen LogP contribution in [0.15, 0.2) is 65.8 Å². The number of hydrazone groups is 1. The van der Waals surface area contributed by atoms with E-state index in [4.69, 9.17) is 18.9 Å². The van der Waals surface area contributed by atoms with E-state index in [0.29, 0.717) is 34.3 Å². The van der Waals surface area contributed by atoms with E-state index in [-0.39, 0.29) is 12.4 Å². The standard InChI is InChI=1S/C28H30N2O6/c1-18(2)22-8-6-19(3)25(15-22)35-17-27(31)30-29-16-20-7-13-24(26(14-20)34-5)36-28(32)21-9-11-23(33-4)12-10-21/h6-16,18H,17H2,1-5H3,(H,30,31)/b29-16-. The third kappa shape index (κ3) is 7.09. The highest BCUT2D eigenvalue weighted by Gasteiger charge is 2.13. The molecule has 0 unspecified atom stereocenters. The average Bonchev–Trinajstić information content (AvgIpc) is 2.88. The van der Waals surface area contributed by atoms with Crippen LogP contribution in [-0.4, -0.2) is 38.9 Å². The van der Waals surface area contributed by atoms with Gasteiger partial charge >= 0.3 is 5.97 Å². The van der Waals surface area contributed by atoms with Crippen molar-refractivity contribution in [2.75, 3.05) is 20.8 Å². The molecule has 36 heavy (non-hydrogen) atoms. The molecule has 1 N–H and O–H groups in total. The summed E-state index contributed by atoms with van der Waals surface area (Å²) < 4.78 is 21.6. The fourth-order valence-corrected chi connectivity index (χ4v) is 3.22. The third-order valence-corrected chi connectivity index (χ3v) is 5.36. The van der Waals surface area contributed by atoms with Gasteiger partial charge in [0.05, 0.1) is 26.0 Å². The largest absolute Gasteiger partial charge is 0.497 e. The van der Waals surface area contributed by atoms with Gasteiger partial charge in [-0.05, 0) is 78.1 Å². The molecule has 0 aliphatic rings. The molecule has 0 radical (unpaired) electrons. The number of amides is 1. The first-order valence-electron chi connectivity index (χ1n) is 11.4. The molecule has 0 spiro atoms. The van der Waals surface area contributed by atoms with Crippen LogP contribution in [0.2, 0.25) is 0 Å². The van der Waals surface area contributed by atoms with E-state index < -0.39 is 11.9 Å². The summed E-state index contributed by atoms with van der Waals surface area (Å²) in [6.07, 6.45) is 1.46. The molecule has 0 aliphatic carbocycles. The van der Waals surface area contributed by atoms with Gasteiger partial charge in [-0.3, -0.25) is 4.79 Å². The average molecular weight is 491 g/mol. The summed E-state index contributed by atoms with van der Waals surface area (Å²) in [7, 11) is 3.02. The van der Waals surface area contributed by atoms with Gasteiger partial charge in [0.15, 0.2) is 18.1 Å². The van der Waals surface area contributed by atoms with Crippen LogP contribution in [0.4, 0.5) is 0 Å². The lowest BCUT2D eigenvalue weighted by atomic mass is 10.0. The normalized spacial score (nSPS) is 10.8. The molecule has 3 aromatic carbocycles. The number of rotatable bonds is 10. The molecule has 0 aliphatic heterocycles. The highest BCUT2D eigenvalue weighted by atomic mass is 16.6. The van der Waals surface area contributed by atoms with E-state index in [9.17, 15) is 9.59 Å². The molecule has 0 saturated heterocycles. The topological polar surface area (TPSA) is 95.5 Å². The summed E-state index contributed by atoms with van der Waals surface area (Å²) in [4.78, 5) is 24.6. The van der Waals surface area contributed by atoms with Crippen molar-refractivity contribution >= 4 is 18.1 Å². The van der Waals surface area contributed by atoms with Crippen molar-refractivity contribution in [1.29, 1.82) is 0 Å². The molecular weight excluding hydrogens is 460 g/mol. The van der Waals surface area contributed by atoms with Gasteiger partial charge in [-0.2, -0.15) is 5.10 Å². The summed E-state index contributed by atoms with van der Waals surface area (Å²) in [6, 6.07) is 17.5. The molecule has 0 fully saturated rings. The van der Waals surface area contributed by atoms with E-state index in [1.54, 1.807) is 49.6 Å². The second-order valence-electron chi connectivity index (χ2n) is 8.29. The van der Waals surface area contributed by atoms with Crippen molar-refractivity contribution in [3.63, 3.8) is 0 Å². The van der Waals surface area contributed by atoms with Gasteiger partial charge in [0.1, 0.15) is 11.5 Å². The van der Waals surface area contributed by atoms with Crippen LogP contribution in [0, 0.1) is 6.92 Å². The lowest BCUT2D eigenvalue weighted by Crippen LogP contribution is -2.24. The third-order valence-electron chi connectivity index (χ3n) is 5.36. The van der Waals surface area contributed by atoms with Gasteiger partial charge in [0, 0.05) is 0 Å². The first kappa shape index (κ1) is 26.3. The molecule has 0 aromatic heterocycles. The van der Waals surface area contributed by atoms with E-state index in [2.05, 4.69) is 30.4 Å².